The van der Waals surface area contributed by atoms with E-state index in [1.54, 1.807) is 48.8 Å². The zero-order chi connectivity index (χ0) is 40.8. The van der Waals surface area contributed by atoms with E-state index < -0.39 is 23.7 Å². The number of amides is 2. The van der Waals surface area contributed by atoms with Crippen molar-refractivity contribution in [2.45, 2.75) is 53.4 Å². The van der Waals surface area contributed by atoms with Crippen molar-refractivity contribution in [3.05, 3.63) is 116 Å². The second kappa shape index (κ2) is 18.5. The van der Waals surface area contributed by atoms with Gasteiger partial charge in [0.2, 0.25) is 23.6 Å². The molecule has 57 heavy (non-hydrogen) atoms. The summed E-state index contributed by atoms with van der Waals surface area (Å²) in [5.74, 6) is -0.320. The highest BCUT2D eigenvalue weighted by molar-refractivity contribution is 14.0. The Labute approximate surface area is 348 Å². The van der Waals surface area contributed by atoms with Crippen LogP contribution >= 0.6 is 24.0 Å². The van der Waals surface area contributed by atoms with Crippen molar-refractivity contribution in [2.75, 3.05) is 38.1 Å². The van der Waals surface area contributed by atoms with Gasteiger partial charge < -0.3 is 41.0 Å². The Morgan fingerprint density at radius 1 is 0.702 bits per heavy atom. The van der Waals surface area contributed by atoms with E-state index in [1.165, 1.54) is 14.2 Å². The van der Waals surface area contributed by atoms with Crippen molar-refractivity contribution in [3.63, 3.8) is 0 Å². The van der Waals surface area contributed by atoms with Crippen LogP contribution in [0, 0.1) is 36.5 Å². The molecule has 0 saturated heterocycles. The van der Waals surface area contributed by atoms with Crippen molar-refractivity contribution in [2.24, 2.45) is 11.5 Å². The number of rotatable bonds is 10. The van der Waals surface area contributed by atoms with Crippen LogP contribution in [0.25, 0.3) is 0 Å². The summed E-state index contributed by atoms with van der Waals surface area (Å²) in [5.41, 5.74) is 21.0. The van der Waals surface area contributed by atoms with Gasteiger partial charge in [0.25, 0.3) is 0 Å². The van der Waals surface area contributed by atoms with E-state index >= 15 is 0 Å². The number of methoxy groups -OCH3 is 2. The molecule has 2 aliphatic rings. The molecule has 0 spiro atoms. The molecule has 296 valence electrons. The van der Waals surface area contributed by atoms with Crippen molar-refractivity contribution in [1.82, 2.24) is 9.97 Å². The highest BCUT2D eigenvalue weighted by Gasteiger charge is 2.38. The van der Waals surface area contributed by atoms with Gasteiger partial charge in [0.15, 0.2) is 0 Å². The number of nitriles is 2. The number of aryl methyl sites for hydroxylation is 2. The van der Waals surface area contributed by atoms with Gasteiger partial charge in [0.05, 0.1) is 85.0 Å². The molecule has 15 heteroatoms. The molecule has 2 aliphatic heterocycles. The van der Waals surface area contributed by atoms with Crippen molar-refractivity contribution < 1.29 is 28.5 Å². The van der Waals surface area contributed by atoms with E-state index in [1.807, 2.05) is 41.5 Å². The number of fused-ring (bicyclic) bond motifs is 2. The molecule has 0 fully saturated rings. The van der Waals surface area contributed by atoms with Crippen LogP contribution in [0.3, 0.4) is 0 Å². The Bertz CT molecular complexity index is 2210. The summed E-state index contributed by atoms with van der Waals surface area (Å²) in [6, 6.07) is 14.4. The molecule has 6 rings (SSSR count). The summed E-state index contributed by atoms with van der Waals surface area (Å²) >= 11 is 0. The first-order valence-electron chi connectivity index (χ1n) is 17.8. The van der Waals surface area contributed by atoms with Crippen molar-refractivity contribution in [3.8, 4) is 35.4 Å². The van der Waals surface area contributed by atoms with Gasteiger partial charge in [-0.2, -0.15) is 10.5 Å². The van der Waals surface area contributed by atoms with Crippen LogP contribution in [0.4, 0.5) is 11.4 Å². The molecular formula is C42H45IN8O6. The third kappa shape index (κ3) is 8.44. The van der Waals surface area contributed by atoms with Gasteiger partial charge in [0.1, 0.15) is 11.5 Å². The number of nitrogens with zero attached hydrogens (tertiary/aromatic N) is 4. The second-order valence-corrected chi connectivity index (χ2v) is 13.0. The highest BCUT2D eigenvalue weighted by atomic mass is 127. The van der Waals surface area contributed by atoms with Gasteiger partial charge in [-0.05, 0) is 76.9 Å². The summed E-state index contributed by atoms with van der Waals surface area (Å²) in [4.78, 5) is 33.7. The monoisotopic (exact) mass is 884 g/mol. The molecule has 0 aliphatic carbocycles. The first-order valence-corrected chi connectivity index (χ1v) is 17.8. The van der Waals surface area contributed by atoms with E-state index in [9.17, 15) is 20.1 Å². The molecule has 0 bridgehead atoms. The predicted octanol–water partition coefficient (Wildman–Crippen LogP) is 6.59. The summed E-state index contributed by atoms with van der Waals surface area (Å²) in [7, 11) is 3.06. The topological polar surface area (TPSA) is 221 Å². The normalized spacial score (nSPS) is 15.1. The molecule has 1 unspecified atom stereocenters. The molecule has 14 nitrogen and oxygen atoms in total. The summed E-state index contributed by atoms with van der Waals surface area (Å²) < 4.78 is 22.6. The highest BCUT2D eigenvalue weighted by Crippen LogP contribution is 2.50. The lowest BCUT2D eigenvalue weighted by Crippen LogP contribution is -2.28. The van der Waals surface area contributed by atoms with Crippen molar-refractivity contribution in [1.29, 1.82) is 10.5 Å². The lowest BCUT2D eigenvalue weighted by molar-refractivity contribution is -0.115. The summed E-state index contributed by atoms with van der Waals surface area (Å²) in [5, 5.41) is 25.0. The Morgan fingerprint density at radius 3 is 1.37 bits per heavy atom. The quantitative estimate of drug-likeness (QED) is 0.124. The Morgan fingerprint density at radius 2 is 1.07 bits per heavy atom. The van der Waals surface area contributed by atoms with Crippen molar-refractivity contribution >= 4 is 47.2 Å². The van der Waals surface area contributed by atoms with Crippen LogP contribution in [0.15, 0.2) is 71.3 Å². The Kier molecular flexibility index (Phi) is 14.1. The number of nitrogens with one attached hydrogen (secondary N) is 2. The maximum absolute atomic E-state index is 12.4. The SMILES string of the molecule is CCOc1ncc(C)c2c1C(c1ccc(C#N)cc1OC)C(C(N)=O)=C(C)N2.CCOc1ncc(C)c2c1[C@H](c1ccc(C#N)cc1OC)C(C(N)=O)=C(C)N2.I. The maximum atomic E-state index is 12.4. The molecule has 0 saturated carbocycles. The molecule has 2 aromatic carbocycles. The van der Waals surface area contributed by atoms with E-state index in [0.29, 0.717) is 81.3 Å². The fraction of sp³-hybridized carbons (Fsp3) is 0.286. The number of anilines is 2. The number of benzene rings is 2. The van der Waals surface area contributed by atoms with E-state index in [4.69, 9.17) is 30.4 Å². The molecule has 2 atom stereocenters. The summed E-state index contributed by atoms with van der Waals surface area (Å²) in [6.45, 7) is 12.1. The van der Waals surface area contributed by atoms with Crippen LogP contribution < -0.4 is 41.0 Å². The number of ether oxygens (including phenoxy) is 4. The molecule has 2 amide bonds. The van der Waals surface area contributed by atoms with E-state index in [2.05, 4.69) is 32.7 Å². The summed E-state index contributed by atoms with van der Waals surface area (Å²) in [6.07, 6.45) is 3.46. The van der Waals surface area contributed by atoms with E-state index in [-0.39, 0.29) is 24.0 Å². The minimum atomic E-state index is -0.545. The van der Waals surface area contributed by atoms with Gasteiger partial charge in [0, 0.05) is 46.1 Å². The number of carbonyl (C=O) groups excluding carboxylic acids is 2. The minimum absolute atomic E-state index is 0. The first kappa shape index (κ1) is 43.4. The molecule has 4 aromatic rings. The number of hydrogen-bond acceptors (Lipinski definition) is 12. The molecule has 2 aromatic heterocycles. The van der Waals surface area contributed by atoms with Crippen LogP contribution in [-0.2, 0) is 9.59 Å². The first-order chi connectivity index (χ1) is 26.8. The lowest BCUT2D eigenvalue weighted by Gasteiger charge is -2.32. The fourth-order valence-electron chi connectivity index (χ4n) is 7.13. The molecule has 4 heterocycles. The molecule has 6 N–H and O–H groups in total. The number of carbonyl (C=O) groups is 2. The van der Waals surface area contributed by atoms with Crippen LogP contribution in [0.1, 0.15) is 84.0 Å². The molecule has 0 radical (unpaired) electrons. The Hall–Kier alpha value is -6.33. The average Bonchev–Trinajstić information content (AvgIpc) is 3.18. The number of primary amides is 2. The zero-order valence-corrected chi connectivity index (χ0v) is 35.3. The number of pyridine rings is 2. The van der Waals surface area contributed by atoms with Gasteiger partial charge in [-0.25, -0.2) is 9.97 Å². The van der Waals surface area contributed by atoms with Gasteiger partial charge >= 0.3 is 0 Å². The zero-order valence-electron chi connectivity index (χ0n) is 33.0. The van der Waals surface area contributed by atoms with Crippen LogP contribution in [-0.4, -0.2) is 49.2 Å². The van der Waals surface area contributed by atoms with Crippen LogP contribution in [0.2, 0.25) is 0 Å². The number of aromatic nitrogens is 2. The maximum Gasteiger partial charge on any atom is 0.247 e. The van der Waals surface area contributed by atoms with E-state index in [0.717, 1.165) is 33.6 Å². The lowest BCUT2D eigenvalue weighted by atomic mass is 9.79. The number of nitrogens with two attached hydrogens (primary N) is 2. The largest absolute Gasteiger partial charge is 0.496 e. The standard InChI is InChI=1S/2C21H22N4O3.HI/c2*1-5-28-21-18-17(14-7-6-13(9-22)8-15(14)27-4)16(20(23)26)12(3)25-19(18)11(2)10-24-21;/h2*6-8,10,17,25H,5H2,1-4H3,(H2,23,26);1H/t17-;;/m1../s1. The number of hydrogen-bond donors (Lipinski definition) is 4. The Balaban J connectivity index is 0.000000248. The van der Waals surface area contributed by atoms with Gasteiger partial charge in [-0.15, -0.1) is 24.0 Å². The number of allylic oxidation sites excluding steroid dienone is 2. The van der Waals surface area contributed by atoms with Gasteiger partial charge in [-0.3, -0.25) is 9.59 Å². The molecular weight excluding hydrogens is 839 g/mol. The smallest absolute Gasteiger partial charge is 0.247 e. The van der Waals surface area contributed by atoms with Crippen LogP contribution in [0.5, 0.6) is 23.3 Å². The fourth-order valence-corrected chi connectivity index (χ4v) is 7.13. The third-order valence-corrected chi connectivity index (χ3v) is 9.57. The third-order valence-electron chi connectivity index (χ3n) is 9.57. The minimum Gasteiger partial charge on any atom is -0.496 e. The average molecular weight is 885 g/mol. The predicted molar refractivity (Wildman–Crippen MR) is 226 cm³/mol. The second-order valence-electron chi connectivity index (χ2n) is 13.0. The number of halogens is 1. The van der Waals surface area contributed by atoms with Gasteiger partial charge in [-0.1, -0.05) is 12.1 Å².